The molecule has 0 aliphatic carbocycles. The summed E-state index contributed by atoms with van der Waals surface area (Å²) in [6.45, 7) is 4.16. The fourth-order valence-corrected chi connectivity index (χ4v) is 3.22. The normalized spacial score (nSPS) is 12.6. The minimum atomic E-state index is 0.136. The topological polar surface area (TPSA) is 51.8 Å². The third-order valence-electron chi connectivity index (χ3n) is 2.72. The molecule has 0 amide bonds. The molecular formula is C13H17N3S2. The molecular weight excluding hydrogens is 262 g/mol. The number of aromatic nitrogens is 2. The predicted molar refractivity (Wildman–Crippen MR) is 77.1 cm³/mol. The van der Waals surface area contributed by atoms with E-state index < -0.39 is 0 Å². The van der Waals surface area contributed by atoms with E-state index in [0.29, 0.717) is 0 Å². The molecule has 0 radical (unpaired) electrons. The number of nitrogens with zero attached hydrogens (tertiary/aromatic N) is 2. The molecule has 0 saturated heterocycles. The van der Waals surface area contributed by atoms with Gasteiger partial charge >= 0.3 is 0 Å². The number of benzene rings is 1. The fourth-order valence-electron chi connectivity index (χ4n) is 1.54. The summed E-state index contributed by atoms with van der Waals surface area (Å²) in [7, 11) is 0. The van der Waals surface area contributed by atoms with Gasteiger partial charge in [0.05, 0.1) is 0 Å². The summed E-state index contributed by atoms with van der Waals surface area (Å²) in [4.78, 5) is 5.62. The van der Waals surface area contributed by atoms with Crippen LogP contribution in [0, 0.1) is 0 Å². The highest BCUT2D eigenvalue weighted by Gasteiger charge is 2.06. The Morgan fingerprint density at radius 2 is 2.00 bits per heavy atom. The Morgan fingerprint density at radius 3 is 2.56 bits per heavy atom. The maximum absolute atomic E-state index is 5.99. The van der Waals surface area contributed by atoms with Crippen molar-refractivity contribution in [3.05, 3.63) is 35.7 Å². The molecule has 0 aliphatic rings. The summed E-state index contributed by atoms with van der Waals surface area (Å²) < 4.78 is 5.28. The highest BCUT2D eigenvalue weighted by Crippen LogP contribution is 2.29. The Hall–Kier alpha value is -0.910. The van der Waals surface area contributed by atoms with E-state index in [0.717, 1.165) is 23.0 Å². The molecule has 0 saturated carbocycles. The van der Waals surface area contributed by atoms with Gasteiger partial charge < -0.3 is 5.73 Å². The van der Waals surface area contributed by atoms with Crippen LogP contribution in [0.5, 0.6) is 0 Å². The molecule has 2 N–H and O–H groups in total. The van der Waals surface area contributed by atoms with Gasteiger partial charge in [-0.3, -0.25) is 0 Å². The zero-order chi connectivity index (χ0) is 13.0. The van der Waals surface area contributed by atoms with Crippen molar-refractivity contribution >= 4 is 23.3 Å². The van der Waals surface area contributed by atoms with Gasteiger partial charge in [0.2, 0.25) is 0 Å². The average Bonchev–Trinajstić information content (AvgIpc) is 2.86. The zero-order valence-electron chi connectivity index (χ0n) is 10.6. The van der Waals surface area contributed by atoms with Gasteiger partial charge in [0, 0.05) is 17.4 Å². The number of aryl methyl sites for hydroxylation is 1. The van der Waals surface area contributed by atoms with Gasteiger partial charge in [-0.2, -0.15) is 4.37 Å². The lowest BCUT2D eigenvalue weighted by molar-refractivity contribution is 0.698. The van der Waals surface area contributed by atoms with Gasteiger partial charge in [-0.25, -0.2) is 4.98 Å². The first-order valence-corrected chi connectivity index (χ1v) is 7.68. The molecule has 5 heteroatoms. The average molecular weight is 279 g/mol. The zero-order valence-corrected chi connectivity index (χ0v) is 12.2. The molecule has 0 bridgehead atoms. The van der Waals surface area contributed by atoms with Gasteiger partial charge in [0.1, 0.15) is 5.82 Å². The second-order valence-electron chi connectivity index (χ2n) is 4.02. The lowest BCUT2D eigenvalue weighted by atomic mass is 10.1. The van der Waals surface area contributed by atoms with Crippen LogP contribution >= 0.6 is 23.3 Å². The van der Waals surface area contributed by atoms with E-state index >= 15 is 0 Å². The van der Waals surface area contributed by atoms with Crippen molar-refractivity contribution in [2.24, 2.45) is 5.73 Å². The maximum atomic E-state index is 5.99. The third kappa shape index (κ3) is 3.31. The van der Waals surface area contributed by atoms with Crippen molar-refractivity contribution in [3.63, 3.8) is 0 Å². The van der Waals surface area contributed by atoms with Crippen molar-refractivity contribution in [3.8, 4) is 0 Å². The largest absolute Gasteiger partial charge is 0.324 e. The number of hydrogen-bond acceptors (Lipinski definition) is 5. The molecule has 2 rings (SSSR count). The molecule has 0 unspecified atom stereocenters. The SMILES string of the molecule is CCc1nsc(Sc2ccc([C@H](N)CC)cc2)n1. The Balaban J connectivity index is 2.06. The van der Waals surface area contributed by atoms with E-state index in [4.69, 9.17) is 5.73 Å². The maximum Gasteiger partial charge on any atom is 0.174 e. The smallest absolute Gasteiger partial charge is 0.174 e. The van der Waals surface area contributed by atoms with E-state index in [1.165, 1.54) is 22.0 Å². The first kappa shape index (κ1) is 13.5. The fraction of sp³-hybridized carbons (Fsp3) is 0.385. The highest BCUT2D eigenvalue weighted by atomic mass is 32.2. The minimum Gasteiger partial charge on any atom is -0.324 e. The van der Waals surface area contributed by atoms with Crippen LogP contribution in [0.1, 0.15) is 37.7 Å². The molecule has 1 atom stereocenters. The number of nitrogens with two attached hydrogens (primary N) is 1. The Labute approximate surface area is 116 Å². The van der Waals surface area contributed by atoms with Crippen LogP contribution in [0.3, 0.4) is 0 Å². The van der Waals surface area contributed by atoms with Gasteiger partial charge in [0.25, 0.3) is 0 Å². The van der Waals surface area contributed by atoms with Crippen molar-refractivity contribution in [1.82, 2.24) is 9.36 Å². The molecule has 1 aromatic heterocycles. The van der Waals surface area contributed by atoms with Crippen LogP contribution in [0.25, 0.3) is 0 Å². The van der Waals surface area contributed by atoms with Gasteiger partial charge in [-0.15, -0.1) is 0 Å². The molecule has 18 heavy (non-hydrogen) atoms. The molecule has 1 heterocycles. The summed E-state index contributed by atoms with van der Waals surface area (Å²) in [6, 6.07) is 8.53. The second-order valence-corrected chi connectivity index (χ2v) is 6.09. The van der Waals surface area contributed by atoms with E-state index in [1.807, 2.05) is 0 Å². The van der Waals surface area contributed by atoms with Gasteiger partial charge in [0.15, 0.2) is 4.34 Å². The van der Waals surface area contributed by atoms with E-state index in [9.17, 15) is 0 Å². The Morgan fingerprint density at radius 1 is 1.28 bits per heavy atom. The molecule has 96 valence electrons. The Kier molecular flexibility index (Phi) is 4.74. The summed E-state index contributed by atoms with van der Waals surface area (Å²) in [5.41, 5.74) is 7.18. The van der Waals surface area contributed by atoms with Crippen LogP contribution in [-0.2, 0) is 6.42 Å². The minimum absolute atomic E-state index is 0.136. The first-order valence-electron chi connectivity index (χ1n) is 6.09. The first-order chi connectivity index (χ1) is 8.72. The molecule has 0 fully saturated rings. The van der Waals surface area contributed by atoms with Crippen LogP contribution < -0.4 is 5.73 Å². The van der Waals surface area contributed by atoms with Crippen LogP contribution in [-0.4, -0.2) is 9.36 Å². The summed E-state index contributed by atoms with van der Waals surface area (Å²) in [5, 5.41) is 0. The summed E-state index contributed by atoms with van der Waals surface area (Å²) in [5.74, 6) is 0.923. The second kappa shape index (κ2) is 6.31. The van der Waals surface area contributed by atoms with Crippen LogP contribution in [0.2, 0.25) is 0 Å². The Bertz CT molecular complexity index is 493. The number of hydrogen-bond donors (Lipinski definition) is 1. The van der Waals surface area contributed by atoms with Crippen molar-refractivity contribution < 1.29 is 0 Å². The third-order valence-corrected chi connectivity index (χ3v) is 4.52. The van der Waals surface area contributed by atoms with Gasteiger partial charge in [-0.1, -0.05) is 37.7 Å². The lowest BCUT2D eigenvalue weighted by Gasteiger charge is -2.09. The lowest BCUT2D eigenvalue weighted by Crippen LogP contribution is -2.07. The molecule has 3 nitrogen and oxygen atoms in total. The number of rotatable bonds is 5. The van der Waals surface area contributed by atoms with Gasteiger partial charge in [-0.05, 0) is 35.6 Å². The van der Waals surface area contributed by atoms with Crippen molar-refractivity contribution in [1.29, 1.82) is 0 Å². The van der Waals surface area contributed by atoms with Crippen LogP contribution in [0.15, 0.2) is 33.5 Å². The van der Waals surface area contributed by atoms with Crippen LogP contribution in [0.4, 0.5) is 0 Å². The predicted octanol–water partition coefficient (Wildman–Crippen LogP) is 3.66. The molecule has 2 aromatic rings. The molecule has 0 spiro atoms. The van der Waals surface area contributed by atoms with Crippen molar-refractivity contribution in [2.75, 3.05) is 0 Å². The summed E-state index contributed by atoms with van der Waals surface area (Å²) >= 11 is 3.12. The van der Waals surface area contributed by atoms with E-state index in [-0.39, 0.29) is 6.04 Å². The monoisotopic (exact) mass is 279 g/mol. The van der Waals surface area contributed by atoms with E-state index in [2.05, 4.69) is 47.5 Å². The van der Waals surface area contributed by atoms with E-state index in [1.54, 1.807) is 11.8 Å². The molecule has 1 aromatic carbocycles. The molecule has 0 aliphatic heterocycles. The summed E-state index contributed by atoms with van der Waals surface area (Å²) in [6.07, 6.45) is 1.85. The quantitative estimate of drug-likeness (QED) is 0.907. The standard InChI is InChI=1S/C13H17N3S2/c1-3-11(14)9-5-7-10(8-6-9)17-13-15-12(4-2)16-18-13/h5-8,11H,3-4,14H2,1-2H3/t11-/m1/s1. The van der Waals surface area contributed by atoms with Crippen molar-refractivity contribution in [2.45, 2.75) is 42.0 Å². The highest BCUT2D eigenvalue weighted by molar-refractivity contribution is 8.01.